The molecule has 0 radical (unpaired) electrons. The van der Waals surface area contributed by atoms with Crippen LogP contribution in [0.1, 0.15) is 13.8 Å². The summed E-state index contributed by atoms with van der Waals surface area (Å²) in [7, 11) is -1.86. The van der Waals surface area contributed by atoms with E-state index in [9.17, 15) is 8.96 Å². The molecule has 1 atom stereocenters. The molecule has 0 fully saturated rings. The molecule has 0 bridgehead atoms. The van der Waals surface area contributed by atoms with Gasteiger partial charge < -0.3 is 28.8 Å². The molecule has 2 aromatic heterocycles. The van der Waals surface area contributed by atoms with Crippen LogP contribution < -0.4 is 10.5 Å². The predicted octanol–water partition coefficient (Wildman–Crippen LogP) is 4.15. The Bertz CT molecular complexity index is 1090. The highest BCUT2D eigenvalue weighted by atomic mass is 32.2. The van der Waals surface area contributed by atoms with Crippen molar-refractivity contribution < 1.29 is 27.5 Å². The molecule has 2 N–H and O–H groups in total. The largest absolute Gasteiger partial charge is 0.497 e. The van der Waals surface area contributed by atoms with E-state index in [-0.39, 0.29) is 32.1 Å². The van der Waals surface area contributed by atoms with Crippen molar-refractivity contribution in [3.05, 3.63) is 30.6 Å². The number of ether oxygens (including phenoxy) is 2. The van der Waals surface area contributed by atoms with Gasteiger partial charge in [0.25, 0.3) is 0 Å². The van der Waals surface area contributed by atoms with Crippen LogP contribution in [0.5, 0.6) is 5.75 Å². The highest BCUT2D eigenvalue weighted by molar-refractivity contribution is 7.99. The van der Waals surface area contributed by atoms with E-state index in [4.69, 9.17) is 24.3 Å². The maximum absolute atomic E-state index is 13.7. The average molecular weight is 500 g/mol. The summed E-state index contributed by atoms with van der Waals surface area (Å²) in [5, 5.41) is 0.566. The van der Waals surface area contributed by atoms with Gasteiger partial charge in [0.15, 0.2) is 5.65 Å². The van der Waals surface area contributed by atoms with Crippen molar-refractivity contribution >= 4 is 36.5 Å². The van der Waals surface area contributed by atoms with Gasteiger partial charge in [0.05, 0.1) is 33.2 Å². The van der Waals surface area contributed by atoms with Crippen LogP contribution in [0, 0.1) is 0 Å². The average Bonchev–Trinajstić information content (AvgIpc) is 3.20. The first-order chi connectivity index (χ1) is 15.9. The molecule has 3 rings (SSSR count). The molecular weight excluding hydrogens is 472 g/mol. The van der Waals surface area contributed by atoms with Gasteiger partial charge in [0.1, 0.15) is 35.4 Å². The minimum Gasteiger partial charge on any atom is -0.497 e. The molecule has 13 heteroatoms. The fraction of sp³-hybridized carbons (Fsp3) is 0.450. The van der Waals surface area contributed by atoms with Gasteiger partial charge in [-0.1, -0.05) is 11.8 Å². The maximum Gasteiger partial charge on any atom is 0.356 e. The lowest BCUT2D eigenvalue weighted by atomic mass is 10.3. The van der Waals surface area contributed by atoms with Gasteiger partial charge in [-0.25, -0.2) is 14.4 Å². The molecule has 0 saturated heterocycles. The number of hydrogen-bond acceptors (Lipinski definition) is 10. The zero-order valence-electron chi connectivity index (χ0n) is 18.6. The van der Waals surface area contributed by atoms with E-state index in [1.54, 1.807) is 25.5 Å². The molecule has 33 heavy (non-hydrogen) atoms. The van der Waals surface area contributed by atoms with E-state index in [2.05, 4.69) is 15.0 Å². The fourth-order valence-corrected chi connectivity index (χ4v) is 5.24. The van der Waals surface area contributed by atoms with Crippen LogP contribution in [0.3, 0.4) is 0 Å². The van der Waals surface area contributed by atoms with Crippen LogP contribution >= 0.6 is 19.4 Å². The summed E-state index contributed by atoms with van der Waals surface area (Å²) in [6.07, 6.45) is 0.254. The number of benzene rings is 1. The number of nitrogens with two attached hydrogens (primary N) is 1. The number of anilines is 1. The van der Waals surface area contributed by atoms with Crippen molar-refractivity contribution in [1.82, 2.24) is 19.5 Å². The third-order valence-corrected chi connectivity index (χ3v) is 7.17. The topological polar surface area (TPSA) is 124 Å². The van der Waals surface area contributed by atoms with Crippen molar-refractivity contribution in [1.29, 1.82) is 0 Å². The van der Waals surface area contributed by atoms with Crippen LogP contribution in [-0.2, 0) is 24.9 Å². The first kappa shape index (κ1) is 25.4. The third kappa shape index (κ3) is 6.64. The predicted molar refractivity (Wildman–Crippen MR) is 123 cm³/mol. The van der Waals surface area contributed by atoms with E-state index in [0.717, 1.165) is 10.6 Å². The lowest BCUT2D eigenvalue weighted by molar-refractivity contribution is 0.0385. The number of methoxy groups -OCH3 is 1. The standard InChI is InChI=1S/C20H27FN5O5PS/c1-4-30-32(27,31-5-2)13-29-15(10-21)11-26-12-23-17-18(26)24-20(22)25-19(17)33-16-8-6-14(28-3)7-9-16/h6-9,12,15H,4-5,10-11,13H2,1-3H3,(H2,22,24,25)/t15-/m0/s1. The molecule has 0 amide bonds. The Morgan fingerprint density at radius 1 is 1.18 bits per heavy atom. The molecule has 0 unspecified atom stereocenters. The summed E-state index contributed by atoms with van der Waals surface area (Å²) in [6, 6.07) is 7.48. The summed E-state index contributed by atoms with van der Waals surface area (Å²) in [5.74, 6) is 0.807. The number of rotatable bonds is 13. The highest BCUT2D eigenvalue weighted by Crippen LogP contribution is 2.48. The smallest absolute Gasteiger partial charge is 0.356 e. The Morgan fingerprint density at radius 2 is 1.88 bits per heavy atom. The minimum absolute atomic E-state index is 0.0650. The third-order valence-electron chi connectivity index (χ3n) is 4.42. The van der Waals surface area contributed by atoms with Crippen molar-refractivity contribution in [3.63, 3.8) is 0 Å². The lowest BCUT2D eigenvalue weighted by Gasteiger charge is -2.20. The second kappa shape index (κ2) is 11.8. The number of aromatic nitrogens is 4. The summed E-state index contributed by atoms with van der Waals surface area (Å²) >= 11 is 1.38. The zero-order chi connectivity index (χ0) is 23.8. The van der Waals surface area contributed by atoms with Crippen molar-refractivity contribution in [2.45, 2.75) is 36.4 Å². The summed E-state index contributed by atoms with van der Waals surface area (Å²) in [6.45, 7) is 3.04. The number of nitrogen functional groups attached to an aromatic ring is 1. The van der Waals surface area contributed by atoms with E-state index in [1.807, 2.05) is 24.3 Å². The summed E-state index contributed by atoms with van der Waals surface area (Å²) in [4.78, 5) is 13.9. The summed E-state index contributed by atoms with van der Waals surface area (Å²) in [5.41, 5.74) is 6.89. The van der Waals surface area contributed by atoms with E-state index >= 15 is 0 Å². The number of nitrogens with zero attached hydrogens (tertiary/aromatic N) is 4. The number of hydrogen-bond donors (Lipinski definition) is 1. The molecule has 0 aliphatic carbocycles. The Labute approximate surface area is 195 Å². The van der Waals surface area contributed by atoms with Gasteiger partial charge in [-0.2, -0.15) is 4.98 Å². The van der Waals surface area contributed by atoms with Crippen LogP contribution in [0.2, 0.25) is 0 Å². The lowest BCUT2D eigenvalue weighted by Crippen LogP contribution is -2.23. The van der Waals surface area contributed by atoms with E-state index in [0.29, 0.717) is 16.2 Å². The highest BCUT2D eigenvalue weighted by Gasteiger charge is 2.26. The summed E-state index contributed by atoms with van der Waals surface area (Å²) < 4.78 is 49.0. The van der Waals surface area contributed by atoms with Gasteiger partial charge in [-0.3, -0.25) is 4.57 Å². The Morgan fingerprint density at radius 3 is 2.48 bits per heavy atom. The molecule has 180 valence electrons. The Kier molecular flexibility index (Phi) is 9.04. The number of fused-ring (bicyclic) bond motifs is 1. The van der Waals surface area contributed by atoms with Gasteiger partial charge in [-0.15, -0.1) is 0 Å². The Balaban J connectivity index is 1.78. The fourth-order valence-electron chi connectivity index (χ4n) is 2.96. The number of alkyl halides is 1. The second-order valence-electron chi connectivity index (χ2n) is 6.75. The van der Waals surface area contributed by atoms with Crippen LogP contribution in [-0.4, -0.2) is 59.0 Å². The minimum atomic E-state index is -3.46. The molecule has 0 aliphatic heterocycles. The normalized spacial score (nSPS) is 12.8. The van der Waals surface area contributed by atoms with E-state index < -0.39 is 20.4 Å². The van der Waals surface area contributed by atoms with Crippen molar-refractivity contribution in [3.8, 4) is 5.75 Å². The quantitative estimate of drug-likeness (QED) is 0.271. The van der Waals surface area contributed by atoms with Gasteiger partial charge in [0.2, 0.25) is 5.95 Å². The molecule has 0 aliphatic rings. The second-order valence-corrected chi connectivity index (χ2v) is 9.81. The maximum atomic E-state index is 13.7. The van der Waals surface area contributed by atoms with Crippen molar-refractivity contribution in [2.24, 2.45) is 0 Å². The monoisotopic (exact) mass is 499 g/mol. The molecular formula is C20H27FN5O5PS. The van der Waals surface area contributed by atoms with Crippen LogP contribution in [0.25, 0.3) is 11.2 Å². The van der Waals surface area contributed by atoms with Gasteiger partial charge in [-0.05, 0) is 38.1 Å². The molecule has 0 spiro atoms. The molecule has 10 nitrogen and oxygen atoms in total. The number of imidazole rings is 1. The van der Waals surface area contributed by atoms with Crippen molar-refractivity contribution in [2.75, 3.05) is 39.1 Å². The Hall–Kier alpha value is -2.24. The van der Waals surface area contributed by atoms with E-state index in [1.165, 1.54) is 18.1 Å². The first-order valence-electron chi connectivity index (χ1n) is 10.3. The van der Waals surface area contributed by atoms with Gasteiger partial charge >= 0.3 is 7.60 Å². The molecule has 1 aromatic carbocycles. The zero-order valence-corrected chi connectivity index (χ0v) is 20.4. The van der Waals surface area contributed by atoms with Crippen LogP contribution in [0.4, 0.5) is 10.3 Å². The molecule has 2 heterocycles. The SMILES string of the molecule is CCOP(=O)(CO[C@@H](CF)Cn1cnc2c(Sc3ccc(OC)cc3)nc(N)nc21)OCC. The molecule has 0 saturated carbocycles. The number of halogens is 1. The van der Waals surface area contributed by atoms with Crippen LogP contribution in [0.15, 0.2) is 40.5 Å². The molecule has 3 aromatic rings. The van der Waals surface area contributed by atoms with Gasteiger partial charge in [0, 0.05) is 4.90 Å². The first-order valence-corrected chi connectivity index (χ1v) is 12.8.